The van der Waals surface area contributed by atoms with Gasteiger partial charge in [0, 0.05) is 24.8 Å². The Kier molecular flexibility index (Phi) is 7.22. The molecule has 1 aliphatic rings. The molecule has 2 N–H and O–H groups in total. The first-order chi connectivity index (χ1) is 16.5. The van der Waals surface area contributed by atoms with Crippen LogP contribution < -0.4 is 4.74 Å². The standard InChI is InChI=1S/C27H33N3O4/c1-5-6-7-13-34-20-10-8-19(9-11-20)25-22-23(21-16-17(2)15-18(3)26(21)31)28-29-24(22)27(32)30(25)12-14-33-4/h8-11,15-16,25,31H,5-7,12-14H2,1-4H3,(H,28,29). The molecule has 0 fully saturated rings. The Morgan fingerprint density at radius 3 is 2.59 bits per heavy atom. The fraction of sp³-hybridized carbons (Fsp3) is 0.407. The number of aromatic amines is 1. The molecule has 180 valence electrons. The van der Waals surface area contributed by atoms with Crippen LogP contribution in [0.3, 0.4) is 0 Å². The number of methoxy groups -OCH3 is 1. The number of phenols is 1. The van der Waals surface area contributed by atoms with Crippen LogP contribution in [0.15, 0.2) is 36.4 Å². The molecule has 3 aromatic rings. The minimum atomic E-state index is -0.347. The summed E-state index contributed by atoms with van der Waals surface area (Å²) in [5, 5.41) is 18.2. The van der Waals surface area contributed by atoms with Crippen molar-refractivity contribution in [2.24, 2.45) is 0 Å². The second-order valence-corrected chi connectivity index (χ2v) is 8.86. The number of carbonyl (C=O) groups excluding carboxylic acids is 1. The van der Waals surface area contributed by atoms with Crippen molar-refractivity contribution < 1.29 is 19.4 Å². The van der Waals surface area contributed by atoms with Gasteiger partial charge in [-0.2, -0.15) is 5.10 Å². The SMILES string of the molecule is CCCCCOc1ccc(C2c3c(-c4cc(C)cc(C)c4O)n[nH]c3C(=O)N2CCOC)cc1. The maximum Gasteiger partial charge on any atom is 0.273 e. The van der Waals surface area contributed by atoms with E-state index in [1.807, 2.05) is 50.2 Å². The first kappa shape index (κ1) is 23.8. The molecular formula is C27H33N3O4. The van der Waals surface area contributed by atoms with Crippen LogP contribution in [0.4, 0.5) is 0 Å². The molecule has 4 rings (SSSR count). The monoisotopic (exact) mass is 463 g/mol. The van der Waals surface area contributed by atoms with Gasteiger partial charge in [-0.05, 0) is 55.2 Å². The Hall–Kier alpha value is -3.32. The van der Waals surface area contributed by atoms with Crippen LogP contribution in [0.5, 0.6) is 11.5 Å². The van der Waals surface area contributed by atoms with E-state index in [-0.39, 0.29) is 17.7 Å². The van der Waals surface area contributed by atoms with Crippen LogP contribution in [0.25, 0.3) is 11.3 Å². The zero-order valence-electron chi connectivity index (χ0n) is 20.4. The summed E-state index contributed by atoms with van der Waals surface area (Å²) < 4.78 is 11.2. The molecule has 2 heterocycles. The average molecular weight is 464 g/mol. The van der Waals surface area contributed by atoms with E-state index in [2.05, 4.69) is 17.1 Å². The molecule has 0 aliphatic carbocycles. The lowest BCUT2D eigenvalue weighted by molar-refractivity contribution is 0.0677. The normalized spacial score (nSPS) is 15.1. The summed E-state index contributed by atoms with van der Waals surface area (Å²) in [5.41, 5.74) is 5.19. The van der Waals surface area contributed by atoms with Gasteiger partial charge < -0.3 is 19.5 Å². The van der Waals surface area contributed by atoms with Crippen molar-refractivity contribution in [3.05, 3.63) is 64.3 Å². The van der Waals surface area contributed by atoms with Crippen LogP contribution in [0.1, 0.15) is 65.0 Å². The summed E-state index contributed by atoms with van der Waals surface area (Å²) in [6.07, 6.45) is 3.33. The third-order valence-electron chi connectivity index (χ3n) is 6.31. The largest absolute Gasteiger partial charge is 0.507 e. The Balaban J connectivity index is 1.73. The molecule has 1 aliphatic heterocycles. The van der Waals surface area contributed by atoms with Gasteiger partial charge in [-0.3, -0.25) is 9.89 Å². The maximum atomic E-state index is 13.3. The van der Waals surface area contributed by atoms with Crippen LogP contribution in [-0.2, 0) is 4.74 Å². The molecule has 1 aromatic heterocycles. The quantitative estimate of drug-likeness (QED) is 0.406. The molecule has 7 heteroatoms. The number of rotatable bonds is 10. The summed E-state index contributed by atoms with van der Waals surface area (Å²) in [6.45, 7) is 7.57. The zero-order chi connectivity index (χ0) is 24.2. The third kappa shape index (κ3) is 4.53. The highest BCUT2D eigenvalue weighted by molar-refractivity contribution is 6.00. The number of aromatic hydroxyl groups is 1. The van der Waals surface area contributed by atoms with Crippen molar-refractivity contribution in [1.82, 2.24) is 15.1 Å². The minimum Gasteiger partial charge on any atom is -0.507 e. The van der Waals surface area contributed by atoms with Gasteiger partial charge in [0.05, 0.1) is 19.3 Å². The van der Waals surface area contributed by atoms with Gasteiger partial charge in [0.1, 0.15) is 22.9 Å². The molecule has 1 unspecified atom stereocenters. The number of ether oxygens (including phenoxy) is 2. The van der Waals surface area contributed by atoms with E-state index in [0.717, 1.165) is 47.3 Å². The van der Waals surface area contributed by atoms with Gasteiger partial charge in [-0.25, -0.2) is 0 Å². The zero-order valence-corrected chi connectivity index (χ0v) is 20.4. The van der Waals surface area contributed by atoms with Crippen molar-refractivity contribution in [2.75, 3.05) is 26.9 Å². The molecule has 0 saturated heterocycles. The summed E-state index contributed by atoms with van der Waals surface area (Å²) in [6, 6.07) is 11.4. The highest BCUT2D eigenvalue weighted by Gasteiger charge is 2.42. The number of fused-ring (bicyclic) bond motifs is 1. The van der Waals surface area contributed by atoms with Crippen molar-refractivity contribution in [2.45, 2.75) is 46.1 Å². The number of nitrogens with one attached hydrogen (secondary N) is 1. The number of aromatic nitrogens is 2. The number of hydrogen-bond donors (Lipinski definition) is 2. The highest BCUT2D eigenvalue weighted by atomic mass is 16.5. The smallest absolute Gasteiger partial charge is 0.273 e. The molecule has 0 bridgehead atoms. The second-order valence-electron chi connectivity index (χ2n) is 8.86. The van der Waals surface area contributed by atoms with E-state index in [0.29, 0.717) is 36.7 Å². The Bertz CT molecular complexity index is 1150. The van der Waals surface area contributed by atoms with Gasteiger partial charge >= 0.3 is 0 Å². The van der Waals surface area contributed by atoms with E-state index in [1.165, 1.54) is 0 Å². The van der Waals surface area contributed by atoms with Gasteiger partial charge in [-0.1, -0.05) is 38.0 Å². The average Bonchev–Trinajstić information content (AvgIpc) is 3.37. The molecular weight excluding hydrogens is 430 g/mol. The van der Waals surface area contributed by atoms with Crippen molar-refractivity contribution in [3.8, 4) is 22.8 Å². The van der Waals surface area contributed by atoms with Gasteiger partial charge in [0.25, 0.3) is 5.91 Å². The molecule has 2 aromatic carbocycles. The molecule has 0 saturated carbocycles. The number of nitrogens with zero attached hydrogens (tertiary/aromatic N) is 2. The predicted octanol–water partition coefficient (Wildman–Crippen LogP) is 5.16. The van der Waals surface area contributed by atoms with Crippen molar-refractivity contribution in [1.29, 1.82) is 0 Å². The second kappa shape index (κ2) is 10.3. The lowest BCUT2D eigenvalue weighted by atomic mass is 9.94. The summed E-state index contributed by atoms with van der Waals surface area (Å²) in [4.78, 5) is 15.1. The first-order valence-corrected chi connectivity index (χ1v) is 11.9. The van der Waals surface area contributed by atoms with E-state index in [4.69, 9.17) is 9.47 Å². The van der Waals surface area contributed by atoms with Crippen LogP contribution in [0.2, 0.25) is 0 Å². The number of phenolic OH excluding ortho intramolecular Hbond substituents is 1. The number of amides is 1. The molecule has 0 radical (unpaired) electrons. The highest BCUT2D eigenvalue weighted by Crippen LogP contribution is 2.45. The van der Waals surface area contributed by atoms with E-state index >= 15 is 0 Å². The number of carbonyl (C=O) groups is 1. The third-order valence-corrected chi connectivity index (χ3v) is 6.31. The summed E-state index contributed by atoms with van der Waals surface area (Å²) in [5.74, 6) is 0.865. The van der Waals surface area contributed by atoms with Crippen LogP contribution >= 0.6 is 0 Å². The fourth-order valence-electron chi connectivity index (χ4n) is 4.60. The number of aryl methyl sites for hydroxylation is 2. The summed E-state index contributed by atoms with van der Waals surface area (Å²) in [7, 11) is 1.63. The topological polar surface area (TPSA) is 87.7 Å². The Labute approximate surface area is 200 Å². The van der Waals surface area contributed by atoms with Crippen LogP contribution in [-0.4, -0.2) is 53.0 Å². The van der Waals surface area contributed by atoms with Crippen LogP contribution in [0, 0.1) is 13.8 Å². The molecule has 1 amide bonds. The summed E-state index contributed by atoms with van der Waals surface area (Å²) >= 11 is 0. The number of H-pyrrole nitrogens is 1. The van der Waals surface area contributed by atoms with Crippen molar-refractivity contribution in [3.63, 3.8) is 0 Å². The van der Waals surface area contributed by atoms with E-state index < -0.39 is 0 Å². The van der Waals surface area contributed by atoms with E-state index in [1.54, 1.807) is 12.0 Å². The molecule has 34 heavy (non-hydrogen) atoms. The number of unbranched alkanes of at least 4 members (excludes halogenated alkanes) is 2. The lowest BCUT2D eigenvalue weighted by Crippen LogP contribution is -2.32. The van der Waals surface area contributed by atoms with Gasteiger partial charge in [0.15, 0.2) is 0 Å². The number of benzene rings is 2. The Morgan fingerprint density at radius 1 is 1.12 bits per heavy atom. The van der Waals surface area contributed by atoms with Crippen molar-refractivity contribution >= 4 is 5.91 Å². The molecule has 7 nitrogen and oxygen atoms in total. The maximum absolute atomic E-state index is 13.3. The predicted molar refractivity (Wildman–Crippen MR) is 131 cm³/mol. The Morgan fingerprint density at radius 2 is 1.88 bits per heavy atom. The van der Waals surface area contributed by atoms with Gasteiger partial charge in [0.2, 0.25) is 0 Å². The molecule has 0 spiro atoms. The van der Waals surface area contributed by atoms with Gasteiger partial charge in [-0.15, -0.1) is 0 Å². The lowest BCUT2D eigenvalue weighted by Gasteiger charge is -2.26. The minimum absolute atomic E-state index is 0.125. The fourth-order valence-corrected chi connectivity index (χ4v) is 4.60. The number of hydrogen-bond acceptors (Lipinski definition) is 5. The van der Waals surface area contributed by atoms with E-state index in [9.17, 15) is 9.90 Å². The molecule has 1 atom stereocenters. The first-order valence-electron chi connectivity index (χ1n) is 11.9.